The quantitative estimate of drug-likeness (QED) is 0.721. The van der Waals surface area contributed by atoms with Crippen LogP contribution in [-0.2, 0) is 5.54 Å². The van der Waals surface area contributed by atoms with E-state index in [-0.39, 0.29) is 0 Å². The van der Waals surface area contributed by atoms with Crippen LogP contribution in [0.5, 0.6) is 5.75 Å². The Hall–Kier alpha value is -1.85. The van der Waals surface area contributed by atoms with E-state index in [2.05, 4.69) is 4.98 Å². The SMILES string of the molecule is COc1cc(N)c2nc(C(C)(N)CCCN)ccc2c1. The minimum absolute atomic E-state index is 0.500. The third-order valence-corrected chi connectivity index (χ3v) is 3.52. The molecule has 0 radical (unpaired) electrons. The molecule has 1 heterocycles. The zero-order chi connectivity index (χ0) is 14.8. The third-order valence-electron chi connectivity index (χ3n) is 3.52. The van der Waals surface area contributed by atoms with Crippen molar-refractivity contribution in [3.05, 3.63) is 30.0 Å². The monoisotopic (exact) mass is 274 g/mol. The van der Waals surface area contributed by atoms with E-state index in [0.717, 1.165) is 35.2 Å². The Labute approximate surface area is 119 Å². The van der Waals surface area contributed by atoms with Gasteiger partial charge in [-0.3, -0.25) is 0 Å². The predicted octanol–water partition coefficient (Wildman–Crippen LogP) is 1.74. The van der Waals surface area contributed by atoms with E-state index in [9.17, 15) is 0 Å². The summed E-state index contributed by atoms with van der Waals surface area (Å²) in [5, 5.41) is 0.945. The molecule has 2 rings (SSSR count). The van der Waals surface area contributed by atoms with Gasteiger partial charge in [-0.25, -0.2) is 4.98 Å². The highest BCUT2D eigenvalue weighted by molar-refractivity contribution is 5.91. The number of hydrogen-bond donors (Lipinski definition) is 3. The van der Waals surface area contributed by atoms with Crippen LogP contribution in [0.3, 0.4) is 0 Å². The predicted molar refractivity (Wildman–Crippen MR) is 82.5 cm³/mol. The molecule has 0 spiro atoms. The summed E-state index contributed by atoms with van der Waals surface area (Å²) in [4.78, 5) is 4.63. The second-order valence-corrected chi connectivity index (χ2v) is 5.29. The van der Waals surface area contributed by atoms with Gasteiger partial charge in [0, 0.05) is 11.5 Å². The first-order valence-electron chi connectivity index (χ1n) is 6.71. The van der Waals surface area contributed by atoms with Gasteiger partial charge in [0.1, 0.15) is 5.75 Å². The van der Waals surface area contributed by atoms with E-state index < -0.39 is 5.54 Å². The number of benzene rings is 1. The summed E-state index contributed by atoms with van der Waals surface area (Å²) in [7, 11) is 1.62. The van der Waals surface area contributed by atoms with Crippen LogP contribution in [0.15, 0.2) is 24.3 Å². The molecule has 0 aliphatic rings. The van der Waals surface area contributed by atoms with E-state index in [4.69, 9.17) is 21.9 Å². The fraction of sp³-hybridized carbons (Fsp3) is 0.400. The van der Waals surface area contributed by atoms with Gasteiger partial charge in [-0.1, -0.05) is 6.07 Å². The highest BCUT2D eigenvalue weighted by atomic mass is 16.5. The first-order valence-corrected chi connectivity index (χ1v) is 6.71. The molecule has 1 aromatic heterocycles. The molecule has 0 saturated heterocycles. The lowest BCUT2D eigenvalue weighted by molar-refractivity contribution is 0.415. The number of methoxy groups -OCH3 is 1. The van der Waals surface area contributed by atoms with Gasteiger partial charge in [-0.05, 0) is 38.4 Å². The number of nitrogen functional groups attached to an aromatic ring is 1. The maximum absolute atomic E-state index is 6.34. The van der Waals surface area contributed by atoms with Gasteiger partial charge in [0.05, 0.1) is 29.5 Å². The van der Waals surface area contributed by atoms with Crippen molar-refractivity contribution in [1.29, 1.82) is 0 Å². The molecule has 0 saturated carbocycles. The maximum atomic E-state index is 6.34. The number of nitrogens with zero attached hydrogens (tertiary/aromatic N) is 1. The third kappa shape index (κ3) is 2.84. The summed E-state index contributed by atoms with van der Waals surface area (Å²) in [6.45, 7) is 2.59. The lowest BCUT2D eigenvalue weighted by Gasteiger charge is -2.24. The van der Waals surface area contributed by atoms with Crippen molar-refractivity contribution in [3.63, 3.8) is 0 Å². The minimum Gasteiger partial charge on any atom is -0.497 e. The second-order valence-electron chi connectivity index (χ2n) is 5.29. The molecule has 1 atom stereocenters. The summed E-state index contributed by atoms with van der Waals surface area (Å²) in [5.41, 5.74) is 19.6. The zero-order valence-corrected chi connectivity index (χ0v) is 12.0. The number of rotatable bonds is 5. The number of aromatic nitrogens is 1. The van der Waals surface area contributed by atoms with E-state index in [1.165, 1.54) is 0 Å². The Morgan fingerprint density at radius 1 is 1.30 bits per heavy atom. The molecule has 0 fully saturated rings. The average molecular weight is 274 g/mol. The average Bonchev–Trinajstić information content (AvgIpc) is 2.44. The van der Waals surface area contributed by atoms with Crippen LogP contribution < -0.4 is 21.9 Å². The smallest absolute Gasteiger partial charge is 0.121 e. The van der Waals surface area contributed by atoms with Crippen LogP contribution in [-0.4, -0.2) is 18.6 Å². The molecule has 108 valence electrons. The molecule has 5 heteroatoms. The summed E-state index contributed by atoms with van der Waals surface area (Å²) in [5.74, 6) is 0.725. The van der Waals surface area contributed by atoms with Crippen molar-refractivity contribution < 1.29 is 4.74 Å². The van der Waals surface area contributed by atoms with Crippen molar-refractivity contribution in [3.8, 4) is 5.75 Å². The standard InChI is InChI=1S/C15H22N4O/c1-15(18,6-3-7-16)13-5-4-10-8-11(20-2)9-12(17)14(10)19-13/h4-5,8-9H,3,6-7,16-18H2,1-2H3. The highest BCUT2D eigenvalue weighted by Crippen LogP contribution is 2.29. The van der Waals surface area contributed by atoms with Crippen molar-refractivity contribution in [2.75, 3.05) is 19.4 Å². The van der Waals surface area contributed by atoms with E-state index in [0.29, 0.717) is 12.2 Å². The van der Waals surface area contributed by atoms with Gasteiger partial charge in [-0.2, -0.15) is 0 Å². The molecule has 0 bridgehead atoms. The molecular formula is C15H22N4O. The Balaban J connectivity index is 2.46. The van der Waals surface area contributed by atoms with Gasteiger partial charge in [-0.15, -0.1) is 0 Å². The molecule has 6 N–H and O–H groups in total. The van der Waals surface area contributed by atoms with E-state index >= 15 is 0 Å². The fourth-order valence-corrected chi connectivity index (χ4v) is 2.27. The molecule has 0 amide bonds. The van der Waals surface area contributed by atoms with Crippen LogP contribution in [0.1, 0.15) is 25.5 Å². The van der Waals surface area contributed by atoms with Gasteiger partial charge in [0.15, 0.2) is 0 Å². The van der Waals surface area contributed by atoms with Crippen LogP contribution in [0.4, 0.5) is 5.69 Å². The highest BCUT2D eigenvalue weighted by Gasteiger charge is 2.22. The van der Waals surface area contributed by atoms with Gasteiger partial charge in [0.25, 0.3) is 0 Å². The minimum atomic E-state index is -0.500. The molecule has 20 heavy (non-hydrogen) atoms. The summed E-state index contributed by atoms with van der Waals surface area (Å²) in [6, 6.07) is 7.60. The topological polar surface area (TPSA) is 100 Å². The van der Waals surface area contributed by atoms with Gasteiger partial charge < -0.3 is 21.9 Å². The maximum Gasteiger partial charge on any atom is 0.121 e. The number of ether oxygens (including phenoxy) is 1. The number of pyridine rings is 1. The van der Waals surface area contributed by atoms with Crippen LogP contribution in [0, 0.1) is 0 Å². The fourth-order valence-electron chi connectivity index (χ4n) is 2.27. The Kier molecular flexibility index (Phi) is 4.11. The van der Waals surface area contributed by atoms with E-state index in [1.54, 1.807) is 13.2 Å². The lowest BCUT2D eigenvalue weighted by atomic mass is 9.92. The van der Waals surface area contributed by atoms with Crippen LogP contribution in [0.25, 0.3) is 10.9 Å². The van der Waals surface area contributed by atoms with Gasteiger partial charge in [0.2, 0.25) is 0 Å². The Bertz CT molecular complexity index is 610. The molecule has 0 aliphatic carbocycles. The van der Waals surface area contributed by atoms with Gasteiger partial charge >= 0.3 is 0 Å². The van der Waals surface area contributed by atoms with Crippen molar-refractivity contribution in [2.24, 2.45) is 11.5 Å². The van der Waals surface area contributed by atoms with Crippen molar-refractivity contribution in [1.82, 2.24) is 4.98 Å². The summed E-state index contributed by atoms with van der Waals surface area (Å²) in [6.07, 6.45) is 1.66. The zero-order valence-electron chi connectivity index (χ0n) is 12.0. The van der Waals surface area contributed by atoms with Crippen LogP contribution in [0.2, 0.25) is 0 Å². The summed E-state index contributed by atoms with van der Waals surface area (Å²) < 4.78 is 5.21. The number of nitrogens with two attached hydrogens (primary N) is 3. The van der Waals surface area contributed by atoms with E-state index in [1.807, 2.05) is 25.1 Å². The summed E-state index contributed by atoms with van der Waals surface area (Å²) >= 11 is 0. The largest absolute Gasteiger partial charge is 0.497 e. The Morgan fingerprint density at radius 3 is 2.70 bits per heavy atom. The molecule has 5 nitrogen and oxygen atoms in total. The van der Waals surface area contributed by atoms with Crippen molar-refractivity contribution >= 4 is 16.6 Å². The van der Waals surface area contributed by atoms with Crippen LogP contribution >= 0.6 is 0 Å². The first-order chi connectivity index (χ1) is 9.47. The lowest BCUT2D eigenvalue weighted by Crippen LogP contribution is -2.34. The van der Waals surface area contributed by atoms with Crippen molar-refractivity contribution in [2.45, 2.75) is 25.3 Å². The normalized spacial score (nSPS) is 14.2. The number of fused-ring (bicyclic) bond motifs is 1. The Morgan fingerprint density at radius 2 is 2.05 bits per heavy atom. The number of hydrogen-bond acceptors (Lipinski definition) is 5. The molecular weight excluding hydrogens is 252 g/mol. The first kappa shape index (κ1) is 14.6. The molecule has 1 unspecified atom stereocenters. The molecule has 1 aromatic carbocycles. The number of anilines is 1. The molecule has 0 aliphatic heterocycles. The molecule has 2 aromatic rings. The second kappa shape index (κ2) is 5.64.